The minimum atomic E-state index is -0.319. The Labute approximate surface area is 219 Å². The fourth-order valence-electron chi connectivity index (χ4n) is 3.68. The molecule has 3 aromatic rings. The van der Waals surface area contributed by atoms with Crippen LogP contribution in [0.2, 0.25) is 0 Å². The van der Waals surface area contributed by atoms with Crippen LogP contribution in [-0.4, -0.2) is 31.6 Å². The summed E-state index contributed by atoms with van der Waals surface area (Å²) >= 11 is 0. The average molecular weight is 505 g/mol. The Hall–Kier alpha value is -4.00. The average Bonchev–Trinajstić information content (AvgIpc) is 2.86. The molecule has 3 aromatic carbocycles. The molecule has 2 amide bonds. The van der Waals surface area contributed by atoms with E-state index in [-0.39, 0.29) is 17.2 Å². The van der Waals surface area contributed by atoms with Crippen molar-refractivity contribution in [1.29, 1.82) is 0 Å². The molecule has 0 spiro atoms. The van der Waals surface area contributed by atoms with Gasteiger partial charge in [0.25, 0.3) is 11.8 Å². The van der Waals surface area contributed by atoms with Crippen LogP contribution in [0.1, 0.15) is 67.8 Å². The molecule has 3 rings (SSSR count). The number of amides is 2. The molecule has 0 aromatic heterocycles. The highest BCUT2D eigenvalue weighted by Crippen LogP contribution is 2.39. The zero-order valence-corrected chi connectivity index (χ0v) is 22.4. The van der Waals surface area contributed by atoms with E-state index in [0.717, 1.165) is 0 Å². The highest BCUT2D eigenvalue weighted by molar-refractivity contribution is 6.06. The number of nitrogens with one attached hydrogen (secondary N) is 2. The van der Waals surface area contributed by atoms with Crippen molar-refractivity contribution >= 4 is 23.2 Å². The number of benzene rings is 3. The van der Waals surface area contributed by atoms with Crippen molar-refractivity contribution in [2.75, 3.05) is 30.5 Å². The lowest BCUT2D eigenvalue weighted by atomic mass is 9.87. The Morgan fingerprint density at radius 2 is 1.08 bits per heavy atom. The molecule has 0 aliphatic rings. The summed E-state index contributed by atoms with van der Waals surface area (Å²) < 4.78 is 17.1. The molecular formula is C30H36N2O5. The second kappa shape index (κ2) is 12.3. The molecule has 0 aliphatic carbocycles. The van der Waals surface area contributed by atoms with Crippen molar-refractivity contribution in [3.05, 3.63) is 77.4 Å². The largest absolute Gasteiger partial charge is 0.490 e. The lowest BCUT2D eigenvalue weighted by Crippen LogP contribution is -2.15. The molecule has 196 valence electrons. The van der Waals surface area contributed by atoms with Crippen molar-refractivity contribution in [1.82, 2.24) is 0 Å². The highest BCUT2D eigenvalue weighted by atomic mass is 16.5. The predicted octanol–water partition coefficient (Wildman–Crippen LogP) is 6.68. The maximum absolute atomic E-state index is 13.0. The third-order valence-electron chi connectivity index (χ3n) is 5.59. The Morgan fingerprint density at radius 1 is 0.649 bits per heavy atom. The summed E-state index contributed by atoms with van der Waals surface area (Å²) in [5.41, 5.74) is 3.36. The molecule has 0 bridgehead atoms. The van der Waals surface area contributed by atoms with Crippen molar-refractivity contribution in [3.63, 3.8) is 0 Å². The molecule has 0 aliphatic heterocycles. The summed E-state index contributed by atoms with van der Waals surface area (Å²) in [6, 6.07) is 17.8. The van der Waals surface area contributed by atoms with Crippen molar-refractivity contribution in [2.45, 2.75) is 47.0 Å². The van der Waals surface area contributed by atoms with Crippen LogP contribution in [0, 0.1) is 0 Å². The van der Waals surface area contributed by atoms with Gasteiger partial charge in [-0.25, -0.2) is 0 Å². The molecule has 7 heteroatoms. The molecular weight excluding hydrogens is 468 g/mol. The van der Waals surface area contributed by atoms with Crippen LogP contribution in [-0.2, 0) is 5.41 Å². The minimum Gasteiger partial charge on any atom is -0.490 e. The molecule has 0 saturated carbocycles. The smallest absolute Gasteiger partial charge is 0.255 e. The zero-order valence-electron chi connectivity index (χ0n) is 22.4. The molecule has 0 heterocycles. The molecule has 2 N–H and O–H groups in total. The van der Waals surface area contributed by atoms with E-state index < -0.39 is 0 Å². The van der Waals surface area contributed by atoms with Gasteiger partial charge in [0.15, 0.2) is 11.5 Å². The first-order valence-electron chi connectivity index (χ1n) is 12.6. The molecule has 0 fully saturated rings. The van der Waals surface area contributed by atoms with Gasteiger partial charge in [-0.3, -0.25) is 9.59 Å². The highest BCUT2D eigenvalue weighted by Gasteiger charge is 2.19. The summed E-state index contributed by atoms with van der Waals surface area (Å²) in [5.74, 6) is 0.873. The standard InChI is InChI=1S/C30H36N2O5/c1-7-35-25-18-21(19-26(36-8-2)27(25)37-9-3)29(34)32-24-16-14-23(15-17-24)31-28(33)20-10-12-22(13-11-20)30(4,5)6/h10-19H,7-9H2,1-6H3,(H,31,33)(H,32,34). The zero-order chi connectivity index (χ0) is 27.0. The third kappa shape index (κ3) is 7.26. The van der Waals surface area contributed by atoms with Crippen LogP contribution in [0.25, 0.3) is 0 Å². The number of anilines is 2. The summed E-state index contributed by atoms with van der Waals surface area (Å²) in [7, 11) is 0. The Kier molecular flexibility index (Phi) is 9.17. The van der Waals surface area contributed by atoms with E-state index in [0.29, 0.717) is 59.6 Å². The van der Waals surface area contributed by atoms with Crippen LogP contribution in [0.4, 0.5) is 11.4 Å². The van der Waals surface area contributed by atoms with E-state index in [4.69, 9.17) is 14.2 Å². The maximum Gasteiger partial charge on any atom is 0.255 e. The minimum absolute atomic E-state index is 0.0236. The van der Waals surface area contributed by atoms with Gasteiger partial charge >= 0.3 is 0 Å². The maximum atomic E-state index is 13.0. The molecule has 0 atom stereocenters. The normalized spacial score (nSPS) is 11.0. The molecule has 0 unspecified atom stereocenters. The number of rotatable bonds is 10. The monoisotopic (exact) mass is 504 g/mol. The van der Waals surface area contributed by atoms with E-state index in [1.807, 2.05) is 45.0 Å². The fraction of sp³-hybridized carbons (Fsp3) is 0.333. The van der Waals surface area contributed by atoms with Crippen LogP contribution in [0.15, 0.2) is 60.7 Å². The van der Waals surface area contributed by atoms with Crippen LogP contribution in [0.3, 0.4) is 0 Å². The van der Waals surface area contributed by atoms with Crippen molar-refractivity contribution in [2.24, 2.45) is 0 Å². The topological polar surface area (TPSA) is 85.9 Å². The fourth-order valence-corrected chi connectivity index (χ4v) is 3.68. The SMILES string of the molecule is CCOc1cc(C(=O)Nc2ccc(NC(=O)c3ccc(C(C)(C)C)cc3)cc2)cc(OCC)c1OCC. The third-order valence-corrected chi connectivity index (χ3v) is 5.59. The van der Waals surface area contributed by atoms with Gasteiger partial charge in [-0.05, 0) is 80.3 Å². The quantitative estimate of drug-likeness (QED) is 0.321. The molecule has 7 nitrogen and oxygen atoms in total. The van der Waals surface area contributed by atoms with Gasteiger partial charge < -0.3 is 24.8 Å². The summed E-state index contributed by atoms with van der Waals surface area (Å²) in [4.78, 5) is 25.7. The first-order valence-corrected chi connectivity index (χ1v) is 12.6. The summed E-state index contributed by atoms with van der Waals surface area (Å²) in [6.45, 7) is 13.3. The first-order chi connectivity index (χ1) is 17.7. The second-order valence-electron chi connectivity index (χ2n) is 9.41. The van der Waals surface area contributed by atoms with E-state index in [2.05, 4.69) is 31.4 Å². The number of hydrogen-bond acceptors (Lipinski definition) is 5. The Balaban J connectivity index is 1.71. The molecule has 0 radical (unpaired) electrons. The van der Waals surface area contributed by atoms with Gasteiger partial charge in [0, 0.05) is 22.5 Å². The number of carbonyl (C=O) groups excluding carboxylic acids is 2. The van der Waals surface area contributed by atoms with Crippen LogP contribution >= 0.6 is 0 Å². The summed E-state index contributed by atoms with van der Waals surface area (Å²) in [6.07, 6.45) is 0. The van der Waals surface area contributed by atoms with E-state index in [1.165, 1.54) is 5.56 Å². The van der Waals surface area contributed by atoms with Crippen molar-refractivity contribution < 1.29 is 23.8 Å². The van der Waals surface area contributed by atoms with Gasteiger partial charge in [-0.15, -0.1) is 0 Å². The molecule has 37 heavy (non-hydrogen) atoms. The number of ether oxygens (including phenoxy) is 3. The van der Waals surface area contributed by atoms with E-state index in [9.17, 15) is 9.59 Å². The van der Waals surface area contributed by atoms with Gasteiger partial charge in [0.05, 0.1) is 19.8 Å². The number of hydrogen-bond donors (Lipinski definition) is 2. The Morgan fingerprint density at radius 3 is 1.49 bits per heavy atom. The van der Waals surface area contributed by atoms with E-state index in [1.54, 1.807) is 36.4 Å². The molecule has 0 saturated heterocycles. The van der Waals surface area contributed by atoms with Crippen LogP contribution < -0.4 is 24.8 Å². The lowest BCUT2D eigenvalue weighted by Gasteiger charge is -2.19. The van der Waals surface area contributed by atoms with E-state index >= 15 is 0 Å². The van der Waals surface area contributed by atoms with Crippen molar-refractivity contribution in [3.8, 4) is 17.2 Å². The second-order valence-corrected chi connectivity index (χ2v) is 9.41. The first kappa shape index (κ1) is 27.6. The van der Waals surface area contributed by atoms with Crippen LogP contribution in [0.5, 0.6) is 17.2 Å². The summed E-state index contributed by atoms with van der Waals surface area (Å²) in [5, 5.41) is 5.77. The number of carbonyl (C=O) groups is 2. The lowest BCUT2D eigenvalue weighted by molar-refractivity contribution is 0.101. The van der Waals surface area contributed by atoms with Gasteiger partial charge in [-0.2, -0.15) is 0 Å². The predicted molar refractivity (Wildman–Crippen MR) is 147 cm³/mol. The van der Waals surface area contributed by atoms with Gasteiger partial charge in [0.1, 0.15) is 0 Å². The van der Waals surface area contributed by atoms with Gasteiger partial charge in [0.2, 0.25) is 5.75 Å². The van der Waals surface area contributed by atoms with Gasteiger partial charge in [-0.1, -0.05) is 32.9 Å². The Bertz CT molecular complexity index is 1190.